The maximum absolute atomic E-state index is 12.4. The molecule has 2 unspecified atom stereocenters. The number of halogens is 1. The van der Waals surface area contributed by atoms with Crippen LogP contribution in [0.4, 0.5) is 0 Å². The van der Waals surface area contributed by atoms with Gasteiger partial charge in [-0.05, 0) is 54.2 Å². The van der Waals surface area contributed by atoms with Crippen molar-refractivity contribution >= 4 is 33.2 Å². The van der Waals surface area contributed by atoms with Crippen molar-refractivity contribution in [2.75, 3.05) is 6.54 Å². The van der Waals surface area contributed by atoms with Gasteiger partial charge in [0.25, 0.3) is 5.91 Å². The first-order valence-corrected chi connectivity index (χ1v) is 7.52. The van der Waals surface area contributed by atoms with Crippen LogP contribution in [0.15, 0.2) is 15.9 Å². The Hall–Kier alpha value is -0.390. The highest BCUT2D eigenvalue weighted by Crippen LogP contribution is 2.27. The predicted molar refractivity (Wildman–Crippen MR) is 74.3 cm³/mol. The fourth-order valence-corrected chi connectivity index (χ4v) is 3.67. The number of piperidine rings is 1. The minimum absolute atomic E-state index is 0.0441. The van der Waals surface area contributed by atoms with Crippen LogP contribution >= 0.6 is 27.3 Å². The molecule has 1 aliphatic rings. The SMILES string of the molecule is CC(N)C1CCCCN1C(=O)c1ccc(Br)s1. The van der Waals surface area contributed by atoms with Crippen molar-refractivity contribution in [1.82, 2.24) is 4.90 Å². The monoisotopic (exact) mass is 316 g/mol. The molecule has 0 bridgehead atoms. The van der Waals surface area contributed by atoms with E-state index in [2.05, 4.69) is 15.9 Å². The third-order valence-electron chi connectivity index (χ3n) is 3.20. The van der Waals surface area contributed by atoms with Crippen LogP contribution in [0.2, 0.25) is 0 Å². The van der Waals surface area contributed by atoms with E-state index < -0.39 is 0 Å². The van der Waals surface area contributed by atoms with E-state index in [0.717, 1.165) is 28.0 Å². The van der Waals surface area contributed by atoms with Crippen LogP contribution in [0.3, 0.4) is 0 Å². The van der Waals surface area contributed by atoms with Crippen LogP contribution in [0.1, 0.15) is 35.9 Å². The fourth-order valence-electron chi connectivity index (χ4n) is 2.33. The molecule has 0 aromatic carbocycles. The second-order valence-corrected chi connectivity index (χ2v) is 6.99. The highest BCUT2D eigenvalue weighted by molar-refractivity contribution is 9.11. The van der Waals surface area contributed by atoms with Gasteiger partial charge in [0.05, 0.1) is 8.66 Å². The van der Waals surface area contributed by atoms with Gasteiger partial charge in [-0.25, -0.2) is 0 Å². The van der Waals surface area contributed by atoms with Crippen LogP contribution in [0, 0.1) is 0 Å². The molecule has 2 N–H and O–H groups in total. The molecule has 1 amide bonds. The summed E-state index contributed by atoms with van der Waals surface area (Å²) >= 11 is 4.88. The third-order valence-corrected chi connectivity index (χ3v) is 4.81. The van der Waals surface area contributed by atoms with Crippen LogP contribution in [0.25, 0.3) is 0 Å². The van der Waals surface area contributed by atoms with Gasteiger partial charge in [0.15, 0.2) is 0 Å². The second-order valence-electron chi connectivity index (χ2n) is 4.52. The summed E-state index contributed by atoms with van der Waals surface area (Å²) in [7, 11) is 0. The summed E-state index contributed by atoms with van der Waals surface area (Å²) in [6.45, 7) is 2.82. The molecule has 0 saturated carbocycles. The van der Waals surface area contributed by atoms with E-state index >= 15 is 0 Å². The summed E-state index contributed by atoms with van der Waals surface area (Å²) in [5.41, 5.74) is 5.98. The minimum atomic E-state index is 0.0441. The molecule has 2 rings (SSSR count). The molecular weight excluding hydrogens is 300 g/mol. The zero-order valence-electron chi connectivity index (χ0n) is 9.86. The lowest BCUT2D eigenvalue weighted by atomic mass is 9.97. The molecule has 2 heterocycles. The van der Waals surface area contributed by atoms with Gasteiger partial charge in [0.1, 0.15) is 0 Å². The minimum Gasteiger partial charge on any atom is -0.333 e. The van der Waals surface area contributed by atoms with Crippen molar-refractivity contribution in [3.8, 4) is 0 Å². The Labute approximate surface area is 114 Å². The standard InChI is InChI=1S/C12H17BrN2OS/c1-8(14)9-4-2-3-7-15(9)12(16)10-5-6-11(13)17-10/h5-6,8-9H,2-4,7,14H2,1H3. The van der Waals surface area contributed by atoms with Crippen molar-refractivity contribution in [2.24, 2.45) is 5.73 Å². The lowest BCUT2D eigenvalue weighted by molar-refractivity contribution is 0.0589. The number of amides is 1. The average molecular weight is 317 g/mol. The molecule has 0 spiro atoms. The van der Waals surface area contributed by atoms with Gasteiger partial charge < -0.3 is 10.6 Å². The number of nitrogens with zero attached hydrogens (tertiary/aromatic N) is 1. The normalized spacial score (nSPS) is 22.5. The van der Waals surface area contributed by atoms with Gasteiger partial charge in [-0.3, -0.25) is 4.79 Å². The highest BCUT2D eigenvalue weighted by Gasteiger charge is 2.30. The largest absolute Gasteiger partial charge is 0.333 e. The van der Waals surface area contributed by atoms with E-state index in [0.29, 0.717) is 0 Å². The summed E-state index contributed by atoms with van der Waals surface area (Å²) < 4.78 is 0.996. The lowest BCUT2D eigenvalue weighted by Crippen LogP contribution is -2.51. The first kappa shape index (κ1) is 13.1. The van der Waals surface area contributed by atoms with Crippen molar-refractivity contribution in [3.63, 3.8) is 0 Å². The molecule has 5 heteroatoms. The molecule has 1 saturated heterocycles. The Bertz CT molecular complexity index is 405. The summed E-state index contributed by atoms with van der Waals surface area (Å²) in [4.78, 5) is 15.1. The Morgan fingerprint density at radius 1 is 1.59 bits per heavy atom. The Morgan fingerprint density at radius 2 is 2.35 bits per heavy atom. The van der Waals surface area contributed by atoms with E-state index in [4.69, 9.17) is 5.73 Å². The van der Waals surface area contributed by atoms with Gasteiger partial charge in [0.2, 0.25) is 0 Å². The van der Waals surface area contributed by atoms with Crippen molar-refractivity contribution in [2.45, 2.75) is 38.3 Å². The molecule has 1 aromatic rings. The molecule has 0 radical (unpaired) electrons. The van der Waals surface area contributed by atoms with Gasteiger partial charge in [-0.2, -0.15) is 0 Å². The van der Waals surface area contributed by atoms with E-state index in [1.165, 1.54) is 17.8 Å². The number of hydrogen-bond donors (Lipinski definition) is 1. The molecule has 1 aromatic heterocycles. The molecule has 17 heavy (non-hydrogen) atoms. The quantitative estimate of drug-likeness (QED) is 0.912. The molecular formula is C12H17BrN2OS. The van der Waals surface area contributed by atoms with E-state index in [1.807, 2.05) is 24.0 Å². The zero-order valence-corrected chi connectivity index (χ0v) is 12.3. The number of hydrogen-bond acceptors (Lipinski definition) is 3. The summed E-state index contributed by atoms with van der Waals surface area (Å²) in [6.07, 6.45) is 3.28. The number of carbonyl (C=O) groups is 1. The van der Waals surface area contributed by atoms with E-state index in [1.54, 1.807) is 0 Å². The summed E-state index contributed by atoms with van der Waals surface area (Å²) in [6, 6.07) is 4.03. The smallest absolute Gasteiger partial charge is 0.264 e. The molecule has 2 atom stereocenters. The Balaban J connectivity index is 2.16. The zero-order chi connectivity index (χ0) is 12.4. The average Bonchev–Trinajstić information content (AvgIpc) is 2.75. The second kappa shape index (κ2) is 5.50. The highest BCUT2D eigenvalue weighted by atomic mass is 79.9. The fraction of sp³-hybridized carbons (Fsp3) is 0.583. The van der Waals surface area contributed by atoms with Crippen molar-refractivity contribution in [1.29, 1.82) is 0 Å². The lowest BCUT2D eigenvalue weighted by Gasteiger charge is -2.37. The molecule has 1 aliphatic heterocycles. The predicted octanol–water partition coefficient (Wildman–Crippen LogP) is 2.85. The maximum atomic E-state index is 12.4. The summed E-state index contributed by atoms with van der Waals surface area (Å²) in [5, 5.41) is 0. The van der Waals surface area contributed by atoms with Gasteiger partial charge in [-0.15, -0.1) is 11.3 Å². The first-order chi connectivity index (χ1) is 8.09. The first-order valence-electron chi connectivity index (χ1n) is 5.91. The van der Waals surface area contributed by atoms with Gasteiger partial charge in [0, 0.05) is 18.6 Å². The van der Waals surface area contributed by atoms with Crippen LogP contribution in [-0.2, 0) is 0 Å². The molecule has 3 nitrogen and oxygen atoms in total. The van der Waals surface area contributed by atoms with Gasteiger partial charge in [-0.1, -0.05) is 0 Å². The van der Waals surface area contributed by atoms with E-state index in [-0.39, 0.29) is 18.0 Å². The molecule has 94 valence electrons. The molecule has 1 fully saturated rings. The topological polar surface area (TPSA) is 46.3 Å². The third kappa shape index (κ3) is 2.89. The molecule has 0 aliphatic carbocycles. The Morgan fingerprint density at radius 3 is 2.94 bits per heavy atom. The van der Waals surface area contributed by atoms with Crippen LogP contribution < -0.4 is 5.73 Å². The Kier molecular flexibility index (Phi) is 4.22. The van der Waals surface area contributed by atoms with Crippen LogP contribution in [0.5, 0.6) is 0 Å². The number of rotatable bonds is 2. The van der Waals surface area contributed by atoms with Gasteiger partial charge >= 0.3 is 0 Å². The number of carbonyl (C=O) groups excluding carboxylic acids is 1. The summed E-state index contributed by atoms with van der Waals surface area (Å²) in [5.74, 6) is 0.128. The maximum Gasteiger partial charge on any atom is 0.264 e. The number of likely N-dealkylation sites (tertiary alicyclic amines) is 1. The van der Waals surface area contributed by atoms with Crippen molar-refractivity contribution < 1.29 is 4.79 Å². The van der Waals surface area contributed by atoms with E-state index in [9.17, 15) is 4.79 Å². The number of nitrogens with two attached hydrogens (primary N) is 1. The number of thiophene rings is 1. The van der Waals surface area contributed by atoms with Crippen molar-refractivity contribution in [3.05, 3.63) is 20.8 Å². The van der Waals surface area contributed by atoms with Crippen LogP contribution in [-0.4, -0.2) is 29.4 Å².